The topological polar surface area (TPSA) is 70.6 Å². The van der Waals surface area contributed by atoms with Gasteiger partial charge < -0.3 is 13.6 Å². The Hall–Kier alpha value is -7.86. The third-order valence-electron chi connectivity index (χ3n) is 14.1. The number of furan rings is 1. The maximum Gasteiger partial charge on any atom is 0.145 e. The summed E-state index contributed by atoms with van der Waals surface area (Å²) in [4.78, 5) is 0. The van der Waals surface area contributed by atoms with E-state index in [1.165, 1.54) is 38.9 Å². The van der Waals surface area contributed by atoms with Crippen LogP contribution in [0.15, 0.2) is 156 Å². The number of nitriles is 2. The second-order valence-electron chi connectivity index (χ2n) is 20.0. The lowest BCUT2D eigenvalue weighted by molar-refractivity contribution is 0.590. The normalized spacial score (nSPS) is 14.1. The fourth-order valence-corrected chi connectivity index (χ4v) is 10.8. The van der Waals surface area contributed by atoms with Crippen molar-refractivity contribution < 1.29 is 4.42 Å². The van der Waals surface area contributed by atoms with Crippen molar-refractivity contribution in [2.24, 2.45) is 0 Å². The van der Waals surface area contributed by atoms with Gasteiger partial charge in [-0.05, 0) is 123 Å². The predicted molar refractivity (Wildman–Crippen MR) is 267 cm³/mol. The number of para-hydroxylation sites is 1. The Kier molecular flexibility index (Phi) is 8.25. The van der Waals surface area contributed by atoms with E-state index < -0.39 is 0 Å². The van der Waals surface area contributed by atoms with Crippen molar-refractivity contribution >= 4 is 65.6 Å². The summed E-state index contributed by atoms with van der Waals surface area (Å²) < 4.78 is 11.4. The summed E-state index contributed by atoms with van der Waals surface area (Å²) in [6.45, 7) is 13.5. The van der Waals surface area contributed by atoms with Crippen LogP contribution in [0.25, 0.3) is 88.1 Å². The van der Waals surface area contributed by atoms with Crippen LogP contribution in [0.1, 0.15) is 86.4 Å². The second-order valence-corrected chi connectivity index (χ2v) is 20.0. The van der Waals surface area contributed by atoms with Gasteiger partial charge in [-0.3, -0.25) is 0 Å². The van der Waals surface area contributed by atoms with Crippen molar-refractivity contribution in [2.45, 2.75) is 64.7 Å². The molecule has 1 unspecified atom stereocenters. The lowest BCUT2D eigenvalue weighted by atomic mass is 9.75. The molecule has 0 saturated carbocycles. The summed E-state index contributed by atoms with van der Waals surface area (Å²) in [6.07, 6.45) is 0.888. The zero-order valence-corrected chi connectivity index (χ0v) is 37.4. The minimum Gasteiger partial charge on any atom is -0.455 e. The maximum atomic E-state index is 11.2. The molecular formula is C60H46N4O. The molecule has 65 heavy (non-hydrogen) atoms. The van der Waals surface area contributed by atoms with E-state index >= 15 is 0 Å². The summed E-state index contributed by atoms with van der Waals surface area (Å²) in [5.74, 6) is 0.134. The number of aromatic nitrogens is 2. The second kappa shape index (κ2) is 13.8. The van der Waals surface area contributed by atoms with Crippen LogP contribution in [0.3, 0.4) is 0 Å². The molecule has 0 fully saturated rings. The fraction of sp³-hybridized carbons (Fsp3) is 0.167. The van der Waals surface area contributed by atoms with Gasteiger partial charge in [0, 0.05) is 32.8 Å². The third kappa shape index (κ3) is 5.75. The van der Waals surface area contributed by atoms with Crippen molar-refractivity contribution in [3.63, 3.8) is 0 Å². The first-order chi connectivity index (χ1) is 31.4. The van der Waals surface area contributed by atoms with E-state index in [1.54, 1.807) is 6.07 Å². The first kappa shape index (κ1) is 38.8. The molecule has 5 nitrogen and oxygen atoms in total. The van der Waals surface area contributed by atoms with Crippen LogP contribution >= 0.6 is 0 Å². The minimum atomic E-state index is -0.0748. The Bertz CT molecular complexity index is 3850. The minimum absolute atomic E-state index is 0.0748. The molecule has 11 aromatic rings. The highest BCUT2D eigenvalue weighted by Gasteiger charge is 2.30. The molecule has 0 N–H and O–H groups in total. The van der Waals surface area contributed by atoms with Gasteiger partial charge in [0.25, 0.3) is 0 Å². The number of nitrogens with zero attached hydrogens (tertiary/aromatic N) is 4. The van der Waals surface area contributed by atoms with E-state index in [1.807, 2.05) is 18.2 Å². The van der Waals surface area contributed by atoms with Crippen LogP contribution in [-0.4, -0.2) is 9.13 Å². The molecule has 0 spiro atoms. The highest BCUT2D eigenvalue weighted by atomic mass is 16.3. The zero-order valence-electron chi connectivity index (χ0n) is 37.4. The molecule has 0 amide bonds. The number of hydrogen-bond acceptors (Lipinski definition) is 3. The molecule has 0 radical (unpaired) electrons. The van der Waals surface area contributed by atoms with E-state index in [0.29, 0.717) is 11.1 Å². The lowest BCUT2D eigenvalue weighted by Crippen LogP contribution is -2.12. The standard InChI is InChI=1S/C60H46N4O/c1-59(2,3)39-20-24-50-47(31-39)48-32-40(60(4,5)6)21-25-51(48)64(50)57-38(34-62)27-35(33-61)28-54(57)63-52-23-19-37(46-29-36-13-7-8-14-41(36)42-15-9-10-16-43(42)46)30-49(52)56-53(63)26-22-45-44-17-11-12-18-55(44)65-58(45)56/h7-28,30-32,46H,29H2,1-6H3. The van der Waals surface area contributed by atoms with Crippen LogP contribution in [0.2, 0.25) is 0 Å². The van der Waals surface area contributed by atoms with Gasteiger partial charge >= 0.3 is 0 Å². The van der Waals surface area contributed by atoms with E-state index in [-0.39, 0.29) is 16.7 Å². The molecule has 12 rings (SSSR count). The van der Waals surface area contributed by atoms with Gasteiger partial charge in [-0.15, -0.1) is 0 Å². The molecule has 8 aromatic carbocycles. The Morgan fingerprint density at radius 1 is 0.538 bits per heavy atom. The van der Waals surface area contributed by atoms with Gasteiger partial charge in [-0.2, -0.15) is 10.5 Å². The molecule has 0 bridgehead atoms. The van der Waals surface area contributed by atoms with Crippen molar-refractivity contribution in [2.75, 3.05) is 0 Å². The lowest BCUT2D eigenvalue weighted by Gasteiger charge is -2.28. The van der Waals surface area contributed by atoms with E-state index in [4.69, 9.17) is 4.42 Å². The molecule has 0 aliphatic heterocycles. The van der Waals surface area contributed by atoms with E-state index in [2.05, 4.69) is 190 Å². The zero-order chi connectivity index (χ0) is 44.5. The third-order valence-corrected chi connectivity index (χ3v) is 14.1. The van der Waals surface area contributed by atoms with Gasteiger partial charge in [0.15, 0.2) is 0 Å². The summed E-state index contributed by atoms with van der Waals surface area (Å²) in [5.41, 5.74) is 16.7. The SMILES string of the molecule is CC(C)(C)c1ccc2c(c1)c1cc(C(C)(C)C)ccc1n2-c1c(C#N)cc(C#N)cc1-n1c2ccc(C3Cc4ccccc4-c4ccccc43)cc2c2c3oc4ccccc4c3ccc21. The fourth-order valence-electron chi connectivity index (χ4n) is 10.8. The average molecular weight is 839 g/mol. The molecule has 5 heteroatoms. The number of benzene rings is 8. The van der Waals surface area contributed by atoms with Crippen molar-refractivity contribution in [1.82, 2.24) is 9.13 Å². The highest BCUT2D eigenvalue weighted by molar-refractivity contribution is 6.24. The highest BCUT2D eigenvalue weighted by Crippen LogP contribution is 2.47. The van der Waals surface area contributed by atoms with Gasteiger partial charge in [0.2, 0.25) is 0 Å². The van der Waals surface area contributed by atoms with Crippen LogP contribution in [0, 0.1) is 22.7 Å². The van der Waals surface area contributed by atoms with Crippen LogP contribution in [0.5, 0.6) is 0 Å². The van der Waals surface area contributed by atoms with Gasteiger partial charge in [-0.25, -0.2) is 0 Å². The Morgan fingerprint density at radius 2 is 1.17 bits per heavy atom. The summed E-state index contributed by atoms with van der Waals surface area (Å²) in [7, 11) is 0. The summed E-state index contributed by atoms with van der Waals surface area (Å²) in [5, 5.41) is 28.2. The number of rotatable bonds is 3. The Labute approximate surface area is 378 Å². The van der Waals surface area contributed by atoms with Gasteiger partial charge in [-0.1, -0.05) is 126 Å². The number of fused-ring (bicyclic) bond motifs is 13. The molecule has 1 atom stereocenters. The molecule has 1 aliphatic carbocycles. The summed E-state index contributed by atoms with van der Waals surface area (Å²) in [6, 6.07) is 59.3. The monoisotopic (exact) mass is 838 g/mol. The smallest absolute Gasteiger partial charge is 0.145 e. The molecule has 312 valence electrons. The Morgan fingerprint density at radius 3 is 1.88 bits per heavy atom. The molecule has 3 aromatic heterocycles. The van der Waals surface area contributed by atoms with Gasteiger partial charge in [0.1, 0.15) is 17.2 Å². The van der Waals surface area contributed by atoms with Crippen molar-refractivity contribution in [3.05, 3.63) is 191 Å². The van der Waals surface area contributed by atoms with Crippen molar-refractivity contribution in [3.8, 4) is 34.6 Å². The molecule has 1 aliphatic rings. The average Bonchev–Trinajstić information content (AvgIpc) is 3.97. The van der Waals surface area contributed by atoms with E-state index in [9.17, 15) is 10.5 Å². The first-order valence-corrected chi connectivity index (χ1v) is 22.5. The quantitative estimate of drug-likeness (QED) is 0.178. The largest absolute Gasteiger partial charge is 0.455 e. The van der Waals surface area contributed by atoms with Crippen LogP contribution < -0.4 is 0 Å². The van der Waals surface area contributed by atoms with Crippen LogP contribution in [0.4, 0.5) is 0 Å². The Balaban J connectivity index is 1.20. The molecule has 0 saturated heterocycles. The summed E-state index contributed by atoms with van der Waals surface area (Å²) >= 11 is 0. The maximum absolute atomic E-state index is 11.2. The van der Waals surface area contributed by atoms with Gasteiger partial charge in [0.05, 0.1) is 56.0 Å². The predicted octanol–water partition coefficient (Wildman–Crippen LogP) is 15.5. The molecule has 3 heterocycles. The first-order valence-electron chi connectivity index (χ1n) is 22.5. The molecular weight excluding hydrogens is 793 g/mol. The van der Waals surface area contributed by atoms with Crippen molar-refractivity contribution in [1.29, 1.82) is 10.5 Å². The van der Waals surface area contributed by atoms with E-state index in [0.717, 1.165) is 83.3 Å². The number of hydrogen-bond donors (Lipinski definition) is 0. The van der Waals surface area contributed by atoms with Crippen LogP contribution in [-0.2, 0) is 17.3 Å².